The molecule has 0 amide bonds. The number of halogens is 3. The Morgan fingerprint density at radius 3 is 2.50 bits per heavy atom. The van der Waals surface area contributed by atoms with Crippen LogP contribution in [-0.4, -0.2) is 19.1 Å². The van der Waals surface area contributed by atoms with Crippen LogP contribution in [0.1, 0.15) is 5.56 Å². The van der Waals surface area contributed by atoms with Gasteiger partial charge in [-0.3, -0.25) is 0 Å². The molecule has 1 heterocycles. The fraction of sp³-hybridized carbons (Fsp3) is 0.375. The molecule has 0 saturated heterocycles. The van der Waals surface area contributed by atoms with E-state index in [9.17, 15) is 13.2 Å². The second kappa shape index (κ2) is 3.73. The number of alkyl halides is 3. The quantitative estimate of drug-likeness (QED) is 0.805. The van der Waals surface area contributed by atoms with E-state index in [0.717, 1.165) is 12.3 Å². The topological polar surface area (TPSA) is 34.1 Å². The monoisotopic (exact) mass is 206 g/mol. The zero-order chi connectivity index (χ0) is 10.8. The number of ether oxygens (including phenoxy) is 1. The van der Waals surface area contributed by atoms with Crippen LogP contribution in [0.4, 0.5) is 19.0 Å². The zero-order valence-corrected chi connectivity index (χ0v) is 7.64. The first-order valence-electron chi connectivity index (χ1n) is 3.78. The molecule has 6 heteroatoms. The third-order valence-corrected chi connectivity index (χ3v) is 1.65. The number of methoxy groups -OCH3 is 1. The normalized spacial score (nSPS) is 11.2. The maximum atomic E-state index is 12.4. The molecule has 0 fully saturated rings. The molecule has 1 aromatic heterocycles. The van der Waals surface area contributed by atoms with Crippen molar-refractivity contribution >= 4 is 5.82 Å². The summed E-state index contributed by atoms with van der Waals surface area (Å²) in [7, 11) is 2.67. The highest BCUT2D eigenvalue weighted by Crippen LogP contribution is 2.36. The van der Waals surface area contributed by atoms with Crippen molar-refractivity contribution in [2.45, 2.75) is 6.18 Å². The molecular weight excluding hydrogens is 197 g/mol. The number of hydrogen-bond donors (Lipinski definition) is 1. The summed E-state index contributed by atoms with van der Waals surface area (Å²) in [6.07, 6.45) is -3.39. The molecule has 0 aliphatic heterocycles. The van der Waals surface area contributed by atoms with Crippen molar-refractivity contribution in [2.75, 3.05) is 19.5 Å². The number of aromatic nitrogens is 1. The van der Waals surface area contributed by atoms with E-state index in [2.05, 4.69) is 15.0 Å². The van der Waals surface area contributed by atoms with E-state index in [0.29, 0.717) is 0 Å². The van der Waals surface area contributed by atoms with Gasteiger partial charge in [0.05, 0.1) is 13.3 Å². The van der Waals surface area contributed by atoms with Gasteiger partial charge >= 0.3 is 6.18 Å². The van der Waals surface area contributed by atoms with Crippen molar-refractivity contribution in [3.8, 4) is 5.75 Å². The summed E-state index contributed by atoms with van der Waals surface area (Å²) in [6.45, 7) is 0. The molecule has 78 valence electrons. The fourth-order valence-corrected chi connectivity index (χ4v) is 0.964. The molecule has 0 radical (unpaired) electrons. The van der Waals surface area contributed by atoms with Crippen molar-refractivity contribution < 1.29 is 17.9 Å². The lowest BCUT2D eigenvalue weighted by atomic mass is 10.2. The Bertz CT molecular complexity index is 325. The first-order chi connectivity index (χ1) is 6.49. The summed E-state index contributed by atoms with van der Waals surface area (Å²) in [4.78, 5) is 3.71. The summed E-state index contributed by atoms with van der Waals surface area (Å²) >= 11 is 0. The van der Waals surface area contributed by atoms with Gasteiger partial charge in [-0.2, -0.15) is 13.2 Å². The van der Waals surface area contributed by atoms with Crippen molar-refractivity contribution in [1.82, 2.24) is 4.98 Å². The van der Waals surface area contributed by atoms with E-state index in [-0.39, 0.29) is 11.6 Å². The van der Waals surface area contributed by atoms with Gasteiger partial charge in [0.2, 0.25) is 0 Å². The lowest BCUT2D eigenvalue weighted by Crippen LogP contribution is -2.09. The summed E-state index contributed by atoms with van der Waals surface area (Å²) in [5, 5.41) is 2.52. The van der Waals surface area contributed by atoms with Gasteiger partial charge in [0.1, 0.15) is 17.1 Å². The molecule has 1 N–H and O–H groups in total. The molecule has 0 atom stereocenters. The average molecular weight is 206 g/mol. The van der Waals surface area contributed by atoms with Crippen LogP contribution in [-0.2, 0) is 6.18 Å². The number of nitrogens with zero attached hydrogens (tertiary/aromatic N) is 1. The Balaban J connectivity index is 3.22. The Kier molecular flexibility index (Phi) is 2.83. The molecule has 0 aliphatic carbocycles. The minimum atomic E-state index is -4.43. The Morgan fingerprint density at radius 2 is 2.07 bits per heavy atom. The highest BCUT2D eigenvalue weighted by Gasteiger charge is 2.34. The van der Waals surface area contributed by atoms with Gasteiger partial charge in [-0.05, 0) is 6.07 Å². The maximum Gasteiger partial charge on any atom is 0.420 e. The van der Waals surface area contributed by atoms with Gasteiger partial charge in [-0.1, -0.05) is 0 Å². The largest absolute Gasteiger partial charge is 0.494 e. The number of nitrogens with one attached hydrogen (secondary N) is 1. The number of pyridine rings is 1. The van der Waals surface area contributed by atoms with Gasteiger partial charge in [-0.15, -0.1) is 0 Å². The molecular formula is C8H9F3N2O. The van der Waals surface area contributed by atoms with Crippen molar-refractivity contribution in [1.29, 1.82) is 0 Å². The molecule has 3 nitrogen and oxygen atoms in total. The third kappa shape index (κ3) is 2.07. The van der Waals surface area contributed by atoms with Gasteiger partial charge in [0.15, 0.2) is 0 Å². The van der Waals surface area contributed by atoms with E-state index in [1.165, 1.54) is 14.2 Å². The minimum absolute atomic E-state index is 0.151. The van der Waals surface area contributed by atoms with Crippen molar-refractivity contribution in [2.24, 2.45) is 0 Å². The summed E-state index contributed by atoms with van der Waals surface area (Å²) in [5.74, 6) is -0.130. The van der Waals surface area contributed by atoms with Gasteiger partial charge in [0, 0.05) is 7.05 Å². The second-order valence-electron chi connectivity index (χ2n) is 2.52. The van der Waals surface area contributed by atoms with Crippen molar-refractivity contribution in [3.63, 3.8) is 0 Å². The van der Waals surface area contributed by atoms with E-state index in [1.807, 2.05) is 0 Å². The minimum Gasteiger partial charge on any atom is -0.494 e. The van der Waals surface area contributed by atoms with Crippen LogP contribution in [0.3, 0.4) is 0 Å². The maximum absolute atomic E-state index is 12.4. The SMILES string of the molecule is CNc1cc(C(F)(F)F)c(OC)cn1. The van der Waals surface area contributed by atoms with Crippen molar-refractivity contribution in [3.05, 3.63) is 17.8 Å². The van der Waals surface area contributed by atoms with Crippen LogP contribution < -0.4 is 10.1 Å². The average Bonchev–Trinajstić information content (AvgIpc) is 2.15. The number of anilines is 1. The smallest absolute Gasteiger partial charge is 0.420 e. The Hall–Kier alpha value is -1.46. The highest BCUT2D eigenvalue weighted by molar-refractivity contribution is 5.45. The van der Waals surface area contributed by atoms with E-state index in [1.54, 1.807) is 0 Å². The first kappa shape index (κ1) is 10.6. The standard InChI is InChI=1S/C8H9F3N2O/c1-12-7-3-5(8(9,10)11)6(14-2)4-13-7/h3-4H,1-2H3,(H,12,13). The molecule has 0 saturated carbocycles. The third-order valence-electron chi connectivity index (χ3n) is 1.65. The van der Waals surface area contributed by atoms with E-state index < -0.39 is 11.7 Å². The van der Waals surface area contributed by atoms with Gasteiger partial charge < -0.3 is 10.1 Å². The van der Waals surface area contributed by atoms with Crippen LogP contribution >= 0.6 is 0 Å². The summed E-state index contributed by atoms with van der Waals surface area (Å²) < 4.78 is 41.8. The number of hydrogen-bond acceptors (Lipinski definition) is 3. The molecule has 0 unspecified atom stereocenters. The second-order valence-corrected chi connectivity index (χ2v) is 2.52. The molecule has 1 rings (SSSR count). The fourth-order valence-electron chi connectivity index (χ4n) is 0.964. The van der Waals surface area contributed by atoms with Crippen LogP contribution in [0, 0.1) is 0 Å². The molecule has 0 bridgehead atoms. The van der Waals surface area contributed by atoms with E-state index in [4.69, 9.17) is 0 Å². The molecule has 0 aromatic carbocycles. The predicted molar refractivity (Wildman–Crippen MR) is 45.3 cm³/mol. The summed E-state index contributed by atoms with van der Waals surface area (Å²) in [6, 6.07) is 0.902. The molecule has 0 aliphatic rings. The zero-order valence-electron chi connectivity index (χ0n) is 7.64. The number of rotatable bonds is 2. The van der Waals surface area contributed by atoms with Crippen LogP contribution in [0.2, 0.25) is 0 Å². The van der Waals surface area contributed by atoms with Crippen LogP contribution in [0.15, 0.2) is 12.3 Å². The summed E-state index contributed by atoms with van der Waals surface area (Å²) in [5.41, 5.74) is -0.834. The molecule has 14 heavy (non-hydrogen) atoms. The predicted octanol–water partition coefficient (Wildman–Crippen LogP) is 2.15. The van der Waals surface area contributed by atoms with E-state index >= 15 is 0 Å². The lowest BCUT2D eigenvalue weighted by Gasteiger charge is -2.12. The van der Waals surface area contributed by atoms with Crippen LogP contribution in [0.5, 0.6) is 5.75 Å². The Morgan fingerprint density at radius 1 is 1.43 bits per heavy atom. The highest BCUT2D eigenvalue weighted by atomic mass is 19.4. The van der Waals surface area contributed by atoms with Gasteiger partial charge in [0.25, 0.3) is 0 Å². The van der Waals surface area contributed by atoms with Gasteiger partial charge in [-0.25, -0.2) is 4.98 Å². The Labute approximate surface area is 78.9 Å². The first-order valence-corrected chi connectivity index (χ1v) is 3.78. The molecule has 1 aromatic rings. The molecule has 0 spiro atoms. The van der Waals surface area contributed by atoms with Crippen LogP contribution in [0.25, 0.3) is 0 Å². The lowest BCUT2D eigenvalue weighted by molar-refractivity contribution is -0.138.